The quantitative estimate of drug-likeness (QED) is 0.743. The van der Waals surface area contributed by atoms with Crippen molar-refractivity contribution < 1.29 is 9.53 Å². The summed E-state index contributed by atoms with van der Waals surface area (Å²) in [6.45, 7) is 7.69. The lowest BCUT2D eigenvalue weighted by molar-refractivity contribution is -0.114. The van der Waals surface area contributed by atoms with E-state index in [2.05, 4.69) is 24.1 Å². The molecule has 0 radical (unpaired) electrons. The van der Waals surface area contributed by atoms with Gasteiger partial charge in [0.05, 0.1) is 12.2 Å². The monoisotopic (exact) mass is 265 g/mol. The van der Waals surface area contributed by atoms with E-state index in [-0.39, 0.29) is 12.5 Å². The van der Waals surface area contributed by atoms with Gasteiger partial charge >= 0.3 is 0 Å². The van der Waals surface area contributed by atoms with E-state index in [1.54, 1.807) is 6.07 Å². The van der Waals surface area contributed by atoms with E-state index in [1.807, 2.05) is 18.2 Å². The van der Waals surface area contributed by atoms with Crippen molar-refractivity contribution in [3.63, 3.8) is 0 Å². The molecule has 0 atom stereocenters. The Morgan fingerprint density at radius 1 is 1.32 bits per heavy atom. The van der Waals surface area contributed by atoms with Gasteiger partial charge in [-0.2, -0.15) is 0 Å². The van der Waals surface area contributed by atoms with Crippen molar-refractivity contribution in [3.8, 4) is 5.75 Å². The predicted molar refractivity (Wildman–Crippen MR) is 77.4 cm³/mol. The molecule has 0 saturated carbocycles. The SMILES string of the molecule is CCN(CC)CCOc1ccccc1NC(=O)CN. The van der Waals surface area contributed by atoms with E-state index in [9.17, 15) is 4.79 Å². The number of hydrogen-bond acceptors (Lipinski definition) is 4. The summed E-state index contributed by atoms with van der Waals surface area (Å²) in [6, 6.07) is 7.38. The number of nitrogens with two attached hydrogens (primary N) is 1. The van der Waals surface area contributed by atoms with E-state index < -0.39 is 0 Å². The van der Waals surface area contributed by atoms with Crippen molar-refractivity contribution in [1.29, 1.82) is 0 Å². The Hall–Kier alpha value is -1.59. The lowest BCUT2D eigenvalue weighted by atomic mass is 10.3. The molecule has 3 N–H and O–H groups in total. The van der Waals surface area contributed by atoms with Crippen molar-refractivity contribution in [2.75, 3.05) is 38.1 Å². The van der Waals surface area contributed by atoms with Crippen LogP contribution in [-0.2, 0) is 4.79 Å². The highest BCUT2D eigenvalue weighted by molar-refractivity contribution is 5.93. The summed E-state index contributed by atoms with van der Waals surface area (Å²) >= 11 is 0. The normalized spacial score (nSPS) is 10.5. The predicted octanol–water partition coefficient (Wildman–Crippen LogP) is 1.30. The highest BCUT2D eigenvalue weighted by Crippen LogP contribution is 2.23. The number of anilines is 1. The van der Waals surface area contributed by atoms with Crippen LogP contribution >= 0.6 is 0 Å². The minimum atomic E-state index is -0.222. The van der Waals surface area contributed by atoms with Crippen molar-refractivity contribution in [2.24, 2.45) is 5.73 Å². The summed E-state index contributed by atoms with van der Waals surface area (Å²) in [4.78, 5) is 13.6. The van der Waals surface area contributed by atoms with E-state index in [0.29, 0.717) is 18.0 Å². The molecule has 106 valence electrons. The number of hydrogen-bond donors (Lipinski definition) is 2. The average Bonchev–Trinajstić information content (AvgIpc) is 2.45. The van der Waals surface area contributed by atoms with E-state index in [4.69, 9.17) is 10.5 Å². The lowest BCUT2D eigenvalue weighted by Crippen LogP contribution is -2.28. The number of carbonyl (C=O) groups excluding carboxylic acids is 1. The molecule has 0 aliphatic rings. The van der Waals surface area contributed by atoms with E-state index in [1.165, 1.54) is 0 Å². The molecule has 0 aliphatic carbocycles. The van der Waals surface area contributed by atoms with Crippen LogP contribution < -0.4 is 15.8 Å². The van der Waals surface area contributed by atoms with Crippen LogP contribution in [0.3, 0.4) is 0 Å². The molecule has 0 spiro atoms. The second-order valence-corrected chi connectivity index (χ2v) is 4.12. The Bertz CT molecular complexity index is 392. The first-order valence-electron chi connectivity index (χ1n) is 6.65. The van der Waals surface area contributed by atoms with Gasteiger partial charge in [-0.15, -0.1) is 0 Å². The topological polar surface area (TPSA) is 67.6 Å². The Kier molecular flexibility index (Phi) is 6.92. The number of nitrogens with one attached hydrogen (secondary N) is 1. The number of rotatable bonds is 8. The number of likely N-dealkylation sites (N-methyl/N-ethyl adjacent to an activating group) is 1. The summed E-state index contributed by atoms with van der Waals surface area (Å²) in [5, 5.41) is 2.72. The second-order valence-electron chi connectivity index (χ2n) is 4.12. The molecule has 0 unspecified atom stereocenters. The maximum Gasteiger partial charge on any atom is 0.238 e. The third kappa shape index (κ3) is 5.28. The molecule has 0 fully saturated rings. The van der Waals surface area contributed by atoms with Crippen LogP contribution in [0.25, 0.3) is 0 Å². The van der Waals surface area contributed by atoms with Gasteiger partial charge in [0, 0.05) is 6.54 Å². The van der Waals surface area contributed by atoms with Crippen LogP contribution in [0, 0.1) is 0 Å². The summed E-state index contributed by atoms with van der Waals surface area (Å²) in [5.41, 5.74) is 5.95. The third-order valence-corrected chi connectivity index (χ3v) is 2.91. The second kappa shape index (κ2) is 8.50. The zero-order valence-corrected chi connectivity index (χ0v) is 11.7. The average molecular weight is 265 g/mol. The van der Waals surface area contributed by atoms with Crippen LogP contribution in [0.1, 0.15) is 13.8 Å². The Morgan fingerprint density at radius 2 is 2.00 bits per heavy atom. The Balaban J connectivity index is 2.55. The zero-order valence-electron chi connectivity index (χ0n) is 11.7. The molecule has 1 aromatic carbocycles. The number of benzene rings is 1. The molecule has 0 aromatic heterocycles. The minimum absolute atomic E-state index is 0.0339. The fraction of sp³-hybridized carbons (Fsp3) is 0.500. The van der Waals surface area contributed by atoms with Gasteiger partial charge in [0.15, 0.2) is 0 Å². The number of para-hydroxylation sites is 2. The molecule has 19 heavy (non-hydrogen) atoms. The third-order valence-electron chi connectivity index (χ3n) is 2.91. The molecule has 0 saturated heterocycles. The lowest BCUT2D eigenvalue weighted by Gasteiger charge is -2.19. The molecule has 0 aliphatic heterocycles. The van der Waals surface area contributed by atoms with Crippen LogP contribution in [0.4, 0.5) is 5.69 Å². The molecule has 0 heterocycles. The van der Waals surface area contributed by atoms with Crippen LogP contribution in [0.2, 0.25) is 0 Å². The number of amides is 1. The molecule has 1 rings (SSSR count). The van der Waals surface area contributed by atoms with Gasteiger partial charge in [-0.25, -0.2) is 0 Å². The van der Waals surface area contributed by atoms with Crippen molar-refractivity contribution >= 4 is 11.6 Å². The molecule has 5 heteroatoms. The molecule has 1 amide bonds. The molecule has 0 bridgehead atoms. The van der Waals surface area contributed by atoms with Crippen molar-refractivity contribution in [3.05, 3.63) is 24.3 Å². The molecular formula is C14H23N3O2. The first-order valence-corrected chi connectivity index (χ1v) is 6.65. The summed E-state index contributed by atoms with van der Waals surface area (Å²) in [6.07, 6.45) is 0. The fourth-order valence-electron chi connectivity index (χ4n) is 1.72. The van der Waals surface area contributed by atoms with Crippen molar-refractivity contribution in [2.45, 2.75) is 13.8 Å². The number of carbonyl (C=O) groups is 1. The van der Waals surface area contributed by atoms with Gasteiger partial charge in [-0.1, -0.05) is 26.0 Å². The minimum Gasteiger partial charge on any atom is -0.490 e. The Morgan fingerprint density at radius 3 is 2.63 bits per heavy atom. The standard InChI is InChI=1S/C14H23N3O2/c1-3-17(4-2)9-10-19-13-8-6-5-7-12(13)16-14(18)11-15/h5-8H,3-4,9-11,15H2,1-2H3,(H,16,18). The number of nitrogens with zero attached hydrogens (tertiary/aromatic N) is 1. The van der Waals surface area contributed by atoms with E-state index in [0.717, 1.165) is 19.6 Å². The molecule has 5 nitrogen and oxygen atoms in total. The first kappa shape index (κ1) is 15.5. The van der Waals surface area contributed by atoms with Gasteiger partial charge in [0.25, 0.3) is 0 Å². The van der Waals surface area contributed by atoms with Crippen LogP contribution in [0.15, 0.2) is 24.3 Å². The van der Waals surface area contributed by atoms with Gasteiger partial charge in [0.2, 0.25) is 5.91 Å². The molecular weight excluding hydrogens is 242 g/mol. The Labute approximate surface area is 114 Å². The fourth-order valence-corrected chi connectivity index (χ4v) is 1.72. The highest BCUT2D eigenvalue weighted by Gasteiger charge is 2.06. The molecule has 1 aromatic rings. The van der Waals surface area contributed by atoms with Crippen LogP contribution in [0.5, 0.6) is 5.75 Å². The summed E-state index contributed by atoms with van der Waals surface area (Å²) < 4.78 is 5.72. The van der Waals surface area contributed by atoms with E-state index >= 15 is 0 Å². The van der Waals surface area contributed by atoms with Gasteiger partial charge in [-0.05, 0) is 25.2 Å². The first-order chi connectivity index (χ1) is 9.21. The zero-order chi connectivity index (χ0) is 14.1. The van der Waals surface area contributed by atoms with Crippen molar-refractivity contribution in [1.82, 2.24) is 4.90 Å². The highest BCUT2D eigenvalue weighted by atomic mass is 16.5. The maximum atomic E-state index is 11.3. The number of ether oxygens (including phenoxy) is 1. The van der Waals surface area contributed by atoms with Gasteiger partial charge < -0.3 is 20.7 Å². The smallest absolute Gasteiger partial charge is 0.238 e. The summed E-state index contributed by atoms with van der Waals surface area (Å²) in [7, 11) is 0. The summed E-state index contributed by atoms with van der Waals surface area (Å²) in [5.74, 6) is 0.455. The maximum absolute atomic E-state index is 11.3. The largest absolute Gasteiger partial charge is 0.490 e. The van der Waals surface area contributed by atoms with Gasteiger partial charge in [0.1, 0.15) is 12.4 Å². The van der Waals surface area contributed by atoms with Gasteiger partial charge in [-0.3, -0.25) is 4.79 Å². The van der Waals surface area contributed by atoms with Crippen LogP contribution in [-0.4, -0.2) is 43.6 Å².